The summed E-state index contributed by atoms with van der Waals surface area (Å²) in [4.78, 5) is 23.8. The van der Waals surface area contributed by atoms with Gasteiger partial charge >= 0.3 is 5.97 Å². The van der Waals surface area contributed by atoms with Crippen LogP contribution in [0.5, 0.6) is 0 Å². The average molecular weight is 169 g/mol. The van der Waals surface area contributed by atoms with Crippen LogP contribution in [0.15, 0.2) is 17.1 Å². The number of aliphatic imine (C=N–C) groups is 1. The molecule has 0 saturated heterocycles. The number of hydrogen-bond donors (Lipinski definition) is 0. The van der Waals surface area contributed by atoms with Gasteiger partial charge in [0.05, 0.1) is 18.7 Å². The third-order valence-corrected chi connectivity index (χ3v) is 1.06. The Morgan fingerprint density at radius 1 is 1.67 bits per heavy atom. The summed E-state index contributed by atoms with van der Waals surface area (Å²) in [6.45, 7) is 5.61. The second-order valence-corrected chi connectivity index (χ2v) is 2.15. The topological polar surface area (TPSA) is 55.7 Å². The minimum Gasteiger partial charge on any atom is -0.462 e. The highest BCUT2D eigenvalue weighted by molar-refractivity contribution is 5.88. The Morgan fingerprint density at radius 2 is 2.33 bits per heavy atom. The van der Waals surface area contributed by atoms with Gasteiger partial charge in [-0.05, 0) is 6.42 Å². The quantitative estimate of drug-likeness (QED) is 0.265. The van der Waals surface area contributed by atoms with Crippen LogP contribution in [0.25, 0.3) is 0 Å². The molecule has 0 spiro atoms. The van der Waals surface area contributed by atoms with Crippen LogP contribution in [0, 0.1) is 0 Å². The Hall–Kier alpha value is -1.41. The van der Waals surface area contributed by atoms with Gasteiger partial charge in [-0.15, -0.1) is 0 Å². The van der Waals surface area contributed by atoms with E-state index in [9.17, 15) is 9.59 Å². The number of carbonyl (C=O) groups excluding carboxylic acids is 2. The van der Waals surface area contributed by atoms with Crippen molar-refractivity contribution < 1.29 is 14.3 Å². The number of rotatable bonds is 5. The van der Waals surface area contributed by atoms with Crippen molar-refractivity contribution in [1.82, 2.24) is 0 Å². The molecule has 0 radical (unpaired) electrons. The first-order valence-electron chi connectivity index (χ1n) is 3.61. The van der Waals surface area contributed by atoms with E-state index in [1.165, 1.54) is 6.08 Å². The van der Waals surface area contributed by atoms with E-state index in [0.717, 1.165) is 6.42 Å². The maximum absolute atomic E-state index is 10.9. The summed E-state index contributed by atoms with van der Waals surface area (Å²) >= 11 is 0. The number of esters is 1. The van der Waals surface area contributed by atoms with Crippen molar-refractivity contribution in [2.24, 2.45) is 4.99 Å². The van der Waals surface area contributed by atoms with Gasteiger partial charge in [0.2, 0.25) is 6.08 Å². The van der Waals surface area contributed by atoms with Crippen LogP contribution in [0.2, 0.25) is 0 Å². The molecule has 0 aromatic heterocycles. The van der Waals surface area contributed by atoms with Gasteiger partial charge in [-0.1, -0.05) is 13.5 Å². The Labute approximate surface area is 70.9 Å². The van der Waals surface area contributed by atoms with Crippen LogP contribution in [0.3, 0.4) is 0 Å². The van der Waals surface area contributed by atoms with Crippen molar-refractivity contribution in [3.63, 3.8) is 0 Å². The molecule has 4 nitrogen and oxygen atoms in total. The first kappa shape index (κ1) is 10.6. The van der Waals surface area contributed by atoms with Gasteiger partial charge in [-0.3, -0.25) is 0 Å². The van der Waals surface area contributed by atoms with Gasteiger partial charge in [0.25, 0.3) is 0 Å². The Kier molecular flexibility index (Phi) is 5.57. The standard InChI is InChI=1S/C8H11NO3/c1-3-4-12-8(11)7(2)5-9-6-10/h2-5H2,1H3. The SMILES string of the molecule is C=C(CN=C=O)C(=O)OCCC. The van der Waals surface area contributed by atoms with E-state index in [1.54, 1.807) is 0 Å². The van der Waals surface area contributed by atoms with Crippen molar-refractivity contribution in [1.29, 1.82) is 0 Å². The summed E-state index contributed by atoms with van der Waals surface area (Å²) in [6, 6.07) is 0. The van der Waals surface area contributed by atoms with Crippen molar-refractivity contribution in [2.45, 2.75) is 13.3 Å². The number of ether oxygens (including phenoxy) is 1. The van der Waals surface area contributed by atoms with Crippen molar-refractivity contribution >= 4 is 12.0 Å². The third kappa shape index (κ3) is 4.41. The average Bonchev–Trinajstić information content (AvgIpc) is 2.10. The van der Waals surface area contributed by atoms with E-state index in [-0.39, 0.29) is 12.1 Å². The summed E-state index contributed by atoms with van der Waals surface area (Å²) in [5, 5.41) is 0. The molecule has 0 atom stereocenters. The van der Waals surface area contributed by atoms with Gasteiger partial charge in [0.15, 0.2) is 0 Å². The molecule has 0 aliphatic rings. The maximum Gasteiger partial charge on any atom is 0.335 e. The number of hydrogen-bond acceptors (Lipinski definition) is 4. The van der Waals surface area contributed by atoms with E-state index in [2.05, 4.69) is 11.6 Å². The van der Waals surface area contributed by atoms with Crippen LogP contribution in [-0.4, -0.2) is 25.2 Å². The molecule has 0 aliphatic carbocycles. The number of carbonyl (C=O) groups is 1. The molecular weight excluding hydrogens is 158 g/mol. The molecule has 0 fully saturated rings. The fraction of sp³-hybridized carbons (Fsp3) is 0.500. The summed E-state index contributed by atoms with van der Waals surface area (Å²) in [6.07, 6.45) is 2.08. The summed E-state index contributed by atoms with van der Waals surface area (Å²) < 4.78 is 4.72. The van der Waals surface area contributed by atoms with Crippen LogP contribution >= 0.6 is 0 Å². The van der Waals surface area contributed by atoms with Crippen LogP contribution < -0.4 is 0 Å². The summed E-state index contributed by atoms with van der Waals surface area (Å²) in [5.41, 5.74) is 0.173. The molecule has 0 aliphatic heterocycles. The Morgan fingerprint density at radius 3 is 2.83 bits per heavy atom. The zero-order valence-electron chi connectivity index (χ0n) is 7.00. The monoisotopic (exact) mass is 169 g/mol. The maximum atomic E-state index is 10.9. The molecule has 66 valence electrons. The minimum atomic E-state index is -0.504. The molecular formula is C8H11NO3. The largest absolute Gasteiger partial charge is 0.462 e. The lowest BCUT2D eigenvalue weighted by Crippen LogP contribution is -2.09. The van der Waals surface area contributed by atoms with Crippen molar-refractivity contribution in [3.8, 4) is 0 Å². The lowest BCUT2D eigenvalue weighted by Gasteiger charge is -2.01. The Balaban J connectivity index is 3.77. The summed E-state index contributed by atoms with van der Waals surface area (Å²) in [7, 11) is 0. The molecule has 0 N–H and O–H groups in total. The second-order valence-electron chi connectivity index (χ2n) is 2.15. The molecule has 12 heavy (non-hydrogen) atoms. The molecule has 0 unspecified atom stereocenters. The van der Waals surface area contributed by atoms with Crippen LogP contribution in [-0.2, 0) is 14.3 Å². The zero-order chi connectivity index (χ0) is 9.40. The van der Waals surface area contributed by atoms with Gasteiger partial charge in [0.1, 0.15) is 0 Å². The fourth-order valence-corrected chi connectivity index (χ4v) is 0.489. The first-order chi connectivity index (χ1) is 5.72. The number of isocyanates is 1. The molecule has 0 rings (SSSR count). The predicted octanol–water partition coefficient (Wildman–Crippen LogP) is 0.832. The summed E-state index contributed by atoms with van der Waals surface area (Å²) in [5.74, 6) is -0.504. The van der Waals surface area contributed by atoms with Crippen molar-refractivity contribution in [3.05, 3.63) is 12.2 Å². The number of nitrogens with zero attached hydrogens (tertiary/aromatic N) is 1. The molecule has 0 heterocycles. The molecule has 0 bridgehead atoms. The molecule has 0 aromatic rings. The lowest BCUT2D eigenvalue weighted by atomic mass is 10.3. The first-order valence-corrected chi connectivity index (χ1v) is 3.61. The van der Waals surface area contributed by atoms with E-state index in [1.807, 2.05) is 6.92 Å². The molecule has 4 heteroatoms. The van der Waals surface area contributed by atoms with E-state index < -0.39 is 5.97 Å². The third-order valence-electron chi connectivity index (χ3n) is 1.06. The smallest absolute Gasteiger partial charge is 0.335 e. The van der Waals surface area contributed by atoms with Crippen molar-refractivity contribution in [2.75, 3.05) is 13.2 Å². The highest BCUT2D eigenvalue weighted by atomic mass is 16.5. The van der Waals surface area contributed by atoms with E-state index in [4.69, 9.17) is 4.74 Å². The fourth-order valence-electron chi connectivity index (χ4n) is 0.489. The van der Waals surface area contributed by atoms with Gasteiger partial charge in [-0.2, -0.15) is 0 Å². The van der Waals surface area contributed by atoms with Gasteiger partial charge < -0.3 is 4.74 Å². The molecule has 0 amide bonds. The predicted molar refractivity (Wildman–Crippen MR) is 43.4 cm³/mol. The van der Waals surface area contributed by atoms with Crippen LogP contribution in [0.1, 0.15) is 13.3 Å². The van der Waals surface area contributed by atoms with E-state index >= 15 is 0 Å². The highest BCUT2D eigenvalue weighted by Gasteiger charge is 2.06. The Bertz CT molecular complexity index is 216. The zero-order valence-corrected chi connectivity index (χ0v) is 7.00. The van der Waals surface area contributed by atoms with E-state index in [0.29, 0.717) is 6.61 Å². The molecule has 0 saturated carbocycles. The van der Waals surface area contributed by atoms with Crippen LogP contribution in [0.4, 0.5) is 0 Å². The highest BCUT2D eigenvalue weighted by Crippen LogP contribution is 1.95. The van der Waals surface area contributed by atoms with Gasteiger partial charge in [0, 0.05) is 0 Å². The lowest BCUT2D eigenvalue weighted by molar-refractivity contribution is -0.139. The molecule has 0 aromatic carbocycles. The normalized spacial score (nSPS) is 8.42. The second kappa shape index (κ2) is 6.31. The minimum absolute atomic E-state index is 0.0357. The van der Waals surface area contributed by atoms with Gasteiger partial charge in [-0.25, -0.2) is 14.6 Å².